The maximum atomic E-state index is 13.1. The minimum atomic E-state index is -0.558. The highest BCUT2D eigenvalue weighted by Crippen LogP contribution is 2.16. The standard InChI is InChI=1S/C10H9FN2O/c1-2-3-10(14)13-9-6-7(12)4-5-8(9)11/h4-6H,12H2,1H3,(H,13,14). The van der Waals surface area contributed by atoms with Crippen LogP contribution in [0.5, 0.6) is 0 Å². The van der Waals surface area contributed by atoms with E-state index in [1.165, 1.54) is 25.1 Å². The van der Waals surface area contributed by atoms with E-state index in [-0.39, 0.29) is 5.69 Å². The van der Waals surface area contributed by atoms with Crippen LogP contribution in [0.4, 0.5) is 15.8 Å². The average molecular weight is 192 g/mol. The van der Waals surface area contributed by atoms with Crippen LogP contribution in [0, 0.1) is 17.7 Å². The quantitative estimate of drug-likeness (QED) is 0.521. The minimum absolute atomic E-state index is 0.0396. The topological polar surface area (TPSA) is 55.1 Å². The van der Waals surface area contributed by atoms with Crippen LogP contribution in [0.2, 0.25) is 0 Å². The van der Waals surface area contributed by atoms with Crippen LogP contribution in [0.1, 0.15) is 6.92 Å². The van der Waals surface area contributed by atoms with Crippen molar-refractivity contribution in [3.8, 4) is 11.8 Å². The number of hydrogen-bond acceptors (Lipinski definition) is 2. The van der Waals surface area contributed by atoms with Crippen molar-refractivity contribution in [2.75, 3.05) is 11.1 Å². The summed E-state index contributed by atoms with van der Waals surface area (Å²) >= 11 is 0. The first-order valence-electron chi connectivity index (χ1n) is 3.92. The van der Waals surface area contributed by atoms with Crippen LogP contribution in [0.25, 0.3) is 0 Å². The van der Waals surface area contributed by atoms with E-state index in [2.05, 4.69) is 17.2 Å². The molecule has 0 bridgehead atoms. The Morgan fingerprint density at radius 1 is 1.57 bits per heavy atom. The number of carbonyl (C=O) groups is 1. The van der Waals surface area contributed by atoms with Gasteiger partial charge in [0.15, 0.2) is 0 Å². The van der Waals surface area contributed by atoms with Gasteiger partial charge in [-0.15, -0.1) is 0 Å². The molecule has 0 aromatic heterocycles. The molecule has 0 aliphatic rings. The molecule has 0 unspecified atom stereocenters. The van der Waals surface area contributed by atoms with Crippen molar-refractivity contribution in [2.24, 2.45) is 0 Å². The zero-order chi connectivity index (χ0) is 10.6. The molecule has 0 fully saturated rings. The number of hydrogen-bond donors (Lipinski definition) is 2. The number of benzene rings is 1. The Balaban J connectivity index is 2.89. The van der Waals surface area contributed by atoms with Crippen LogP contribution in [0.3, 0.4) is 0 Å². The number of carbonyl (C=O) groups excluding carboxylic acids is 1. The molecule has 0 spiro atoms. The van der Waals surface area contributed by atoms with Crippen molar-refractivity contribution in [3.05, 3.63) is 24.0 Å². The van der Waals surface area contributed by atoms with Gasteiger partial charge < -0.3 is 11.1 Å². The smallest absolute Gasteiger partial charge is 0.300 e. The SMILES string of the molecule is CC#CC(=O)Nc1cc(N)ccc1F. The minimum Gasteiger partial charge on any atom is -0.399 e. The third-order valence-electron chi connectivity index (χ3n) is 1.48. The lowest BCUT2D eigenvalue weighted by Crippen LogP contribution is -2.10. The number of anilines is 2. The maximum Gasteiger partial charge on any atom is 0.300 e. The Kier molecular flexibility index (Phi) is 3.08. The molecule has 72 valence electrons. The molecule has 1 aromatic rings. The monoisotopic (exact) mass is 192 g/mol. The van der Waals surface area contributed by atoms with Gasteiger partial charge in [-0.25, -0.2) is 4.39 Å². The summed E-state index contributed by atoms with van der Waals surface area (Å²) in [4.78, 5) is 11.0. The Morgan fingerprint density at radius 3 is 2.93 bits per heavy atom. The predicted octanol–water partition coefficient (Wildman–Crippen LogP) is 1.37. The number of rotatable bonds is 1. The van der Waals surface area contributed by atoms with Gasteiger partial charge in [0.1, 0.15) is 5.82 Å². The van der Waals surface area contributed by atoms with E-state index in [0.717, 1.165) is 0 Å². The summed E-state index contributed by atoms with van der Waals surface area (Å²) in [6.07, 6.45) is 0. The van der Waals surface area contributed by atoms with E-state index in [9.17, 15) is 9.18 Å². The molecule has 3 N–H and O–H groups in total. The average Bonchev–Trinajstić information content (AvgIpc) is 2.12. The molecule has 0 aliphatic carbocycles. The molecular formula is C10H9FN2O. The van der Waals surface area contributed by atoms with Crippen LogP contribution in [-0.4, -0.2) is 5.91 Å². The fourth-order valence-corrected chi connectivity index (χ4v) is 0.906. The Labute approximate surface area is 81.1 Å². The van der Waals surface area contributed by atoms with Crippen molar-refractivity contribution >= 4 is 17.3 Å². The van der Waals surface area contributed by atoms with Gasteiger partial charge in [0.05, 0.1) is 5.69 Å². The summed E-state index contributed by atoms with van der Waals surface area (Å²) in [5.74, 6) is 3.54. The first-order chi connectivity index (χ1) is 6.63. The van der Waals surface area contributed by atoms with Gasteiger partial charge in [-0.05, 0) is 31.0 Å². The lowest BCUT2D eigenvalue weighted by atomic mass is 10.2. The predicted molar refractivity (Wildman–Crippen MR) is 52.9 cm³/mol. The van der Waals surface area contributed by atoms with Crippen molar-refractivity contribution < 1.29 is 9.18 Å². The summed E-state index contributed by atoms with van der Waals surface area (Å²) in [6.45, 7) is 1.52. The third-order valence-corrected chi connectivity index (χ3v) is 1.48. The molecule has 0 aliphatic heterocycles. The van der Waals surface area contributed by atoms with Crippen molar-refractivity contribution in [1.29, 1.82) is 0 Å². The largest absolute Gasteiger partial charge is 0.399 e. The molecule has 0 atom stereocenters. The second kappa shape index (κ2) is 4.28. The molecule has 1 rings (SSSR count). The molecule has 0 heterocycles. The van der Waals surface area contributed by atoms with Crippen molar-refractivity contribution in [2.45, 2.75) is 6.92 Å². The lowest BCUT2D eigenvalue weighted by molar-refractivity contribution is -0.111. The summed E-state index contributed by atoms with van der Waals surface area (Å²) in [5, 5.41) is 2.28. The van der Waals surface area contributed by atoms with E-state index >= 15 is 0 Å². The second-order valence-electron chi connectivity index (χ2n) is 2.57. The van der Waals surface area contributed by atoms with E-state index in [4.69, 9.17) is 5.73 Å². The van der Waals surface area contributed by atoms with Gasteiger partial charge >= 0.3 is 0 Å². The van der Waals surface area contributed by atoms with Crippen molar-refractivity contribution in [1.82, 2.24) is 0 Å². The van der Waals surface area contributed by atoms with Gasteiger partial charge in [0.2, 0.25) is 0 Å². The van der Waals surface area contributed by atoms with Crippen LogP contribution < -0.4 is 11.1 Å². The summed E-state index contributed by atoms with van der Waals surface area (Å²) < 4.78 is 13.1. The number of nitrogen functional groups attached to an aromatic ring is 1. The highest BCUT2D eigenvalue weighted by molar-refractivity contribution is 6.04. The van der Waals surface area contributed by atoms with Crippen molar-refractivity contribution in [3.63, 3.8) is 0 Å². The normalized spacial score (nSPS) is 8.71. The molecule has 3 nitrogen and oxygen atoms in total. The molecule has 0 saturated carbocycles. The van der Waals surface area contributed by atoms with Gasteiger partial charge in [0.25, 0.3) is 5.91 Å². The lowest BCUT2D eigenvalue weighted by Gasteiger charge is -2.03. The maximum absolute atomic E-state index is 13.1. The number of halogens is 1. The number of nitrogens with two attached hydrogens (primary N) is 1. The highest BCUT2D eigenvalue weighted by Gasteiger charge is 2.04. The summed E-state index contributed by atoms with van der Waals surface area (Å²) in [6, 6.07) is 3.94. The third kappa shape index (κ3) is 2.49. The first kappa shape index (κ1) is 10.1. The molecule has 4 heteroatoms. The van der Waals surface area contributed by atoms with Gasteiger partial charge in [-0.2, -0.15) is 0 Å². The van der Waals surface area contributed by atoms with E-state index in [1.54, 1.807) is 0 Å². The van der Waals surface area contributed by atoms with Crippen LogP contribution in [0.15, 0.2) is 18.2 Å². The number of nitrogens with one attached hydrogen (secondary N) is 1. The molecule has 1 amide bonds. The summed E-state index contributed by atoms with van der Waals surface area (Å²) in [7, 11) is 0. The molecule has 0 saturated heterocycles. The Bertz CT molecular complexity index is 418. The molecule has 14 heavy (non-hydrogen) atoms. The fourth-order valence-electron chi connectivity index (χ4n) is 0.906. The first-order valence-corrected chi connectivity index (χ1v) is 3.92. The van der Waals surface area contributed by atoms with Gasteiger partial charge in [-0.3, -0.25) is 4.79 Å². The molecule has 1 aromatic carbocycles. The van der Waals surface area contributed by atoms with E-state index in [0.29, 0.717) is 5.69 Å². The van der Waals surface area contributed by atoms with Crippen LogP contribution in [-0.2, 0) is 4.79 Å². The fraction of sp³-hybridized carbons (Fsp3) is 0.100. The number of amides is 1. The van der Waals surface area contributed by atoms with Gasteiger partial charge in [-0.1, -0.05) is 5.92 Å². The Hall–Kier alpha value is -2.02. The molecular weight excluding hydrogens is 183 g/mol. The molecule has 0 radical (unpaired) electrons. The van der Waals surface area contributed by atoms with E-state index in [1.807, 2.05) is 0 Å². The zero-order valence-corrected chi connectivity index (χ0v) is 7.60. The van der Waals surface area contributed by atoms with Gasteiger partial charge in [0, 0.05) is 5.69 Å². The summed E-state index contributed by atoms with van der Waals surface area (Å²) in [5.41, 5.74) is 5.84. The second-order valence-corrected chi connectivity index (χ2v) is 2.57. The Morgan fingerprint density at radius 2 is 2.29 bits per heavy atom. The van der Waals surface area contributed by atoms with E-state index < -0.39 is 11.7 Å². The zero-order valence-electron chi connectivity index (χ0n) is 7.60. The van der Waals surface area contributed by atoms with Crippen LogP contribution >= 0.6 is 0 Å². The highest BCUT2D eigenvalue weighted by atomic mass is 19.1.